The topological polar surface area (TPSA) is 125 Å². The predicted octanol–water partition coefficient (Wildman–Crippen LogP) is 9.43. The van der Waals surface area contributed by atoms with Crippen LogP contribution in [-0.4, -0.2) is 84.6 Å². The van der Waals surface area contributed by atoms with Gasteiger partial charge in [0.05, 0.1) is 46.0 Å². The summed E-state index contributed by atoms with van der Waals surface area (Å²) in [7, 11) is 1.48. The van der Waals surface area contributed by atoms with Crippen LogP contribution in [0.15, 0.2) is 72.9 Å². The third-order valence-corrected chi connectivity index (χ3v) is 9.20. The summed E-state index contributed by atoms with van der Waals surface area (Å²) in [6.45, 7) is 4.53. The molecule has 52 heavy (non-hydrogen) atoms. The Balaban J connectivity index is 4.69. The van der Waals surface area contributed by atoms with E-state index < -0.39 is 20.0 Å². The molecule has 0 aliphatic heterocycles. The molecule has 0 heterocycles. The minimum Gasteiger partial charge on any atom is -0.389 e. The van der Waals surface area contributed by atoms with Gasteiger partial charge >= 0.3 is 7.82 Å². The van der Waals surface area contributed by atoms with Crippen LogP contribution in [0.2, 0.25) is 0 Å². The van der Waals surface area contributed by atoms with Crippen molar-refractivity contribution >= 4 is 13.7 Å². The third-order valence-electron chi connectivity index (χ3n) is 8.22. The number of amides is 1. The van der Waals surface area contributed by atoms with Crippen molar-refractivity contribution in [2.45, 2.75) is 148 Å². The Morgan fingerprint density at radius 1 is 0.692 bits per heavy atom. The molecule has 0 radical (unpaired) electrons. The summed E-state index contributed by atoms with van der Waals surface area (Å²) >= 11 is 0. The van der Waals surface area contributed by atoms with E-state index in [1.807, 2.05) is 39.4 Å². The maximum Gasteiger partial charge on any atom is 0.472 e. The zero-order valence-electron chi connectivity index (χ0n) is 33.4. The molecule has 0 fully saturated rings. The fourth-order valence-electron chi connectivity index (χ4n) is 4.95. The standard InChI is InChI=1S/C42H75N2O7P/c1-6-8-10-11-12-13-14-18-21-24-27-30-34-41(46)40(38-51-52(48,49)50-37-36-44(3,4)5)43-42(47)35-31-28-25-22-19-16-15-17-20-23-26-29-33-39(45)32-9-7-2/h15-16,18,20-23,25,29-30,33-34,39-41,45-46H,6-14,17,19,24,26-28,31-32,35-38H2,1-5H3,(H-,43,47,48,49)/p+1/b16-15-,21-18-,23-20-,25-22-,33-29-,34-30+/t39-,40+,41-/m1/s1. The lowest BCUT2D eigenvalue weighted by atomic mass is 10.1. The summed E-state index contributed by atoms with van der Waals surface area (Å²) in [5.41, 5.74) is 0. The van der Waals surface area contributed by atoms with Gasteiger partial charge in [0.15, 0.2) is 0 Å². The van der Waals surface area contributed by atoms with E-state index in [4.69, 9.17) is 9.05 Å². The largest absolute Gasteiger partial charge is 0.472 e. The average molecular weight is 752 g/mol. The molecule has 0 aliphatic rings. The highest BCUT2D eigenvalue weighted by Gasteiger charge is 2.27. The molecule has 0 spiro atoms. The normalized spacial score (nSPS) is 15.9. The Kier molecular flexibility index (Phi) is 32.1. The second kappa shape index (κ2) is 33.5. The van der Waals surface area contributed by atoms with E-state index >= 15 is 0 Å². The number of aliphatic hydroxyl groups excluding tert-OH is 2. The van der Waals surface area contributed by atoms with Gasteiger partial charge in [-0.15, -0.1) is 0 Å². The molecule has 4 N–H and O–H groups in total. The van der Waals surface area contributed by atoms with E-state index in [1.165, 1.54) is 38.5 Å². The summed E-state index contributed by atoms with van der Waals surface area (Å²) in [5.74, 6) is -0.261. The van der Waals surface area contributed by atoms with Crippen molar-refractivity contribution < 1.29 is 38.0 Å². The Morgan fingerprint density at radius 3 is 1.92 bits per heavy atom. The molecule has 4 atom stereocenters. The Morgan fingerprint density at radius 2 is 1.25 bits per heavy atom. The fourth-order valence-corrected chi connectivity index (χ4v) is 5.68. The van der Waals surface area contributed by atoms with E-state index in [9.17, 15) is 24.5 Å². The predicted molar refractivity (Wildman–Crippen MR) is 218 cm³/mol. The van der Waals surface area contributed by atoms with E-state index in [-0.39, 0.29) is 31.6 Å². The Hall–Kier alpha value is -2.10. The maximum absolute atomic E-state index is 12.8. The molecule has 0 bridgehead atoms. The SMILES string of the molecule is CCCCCCCC/C=C\CC/C=C/[C@@H](O)[C@H](COP(=O)(O)OCC[N+](C)(C)C)NC(=O)CCC/C=C\C/C=C\C/C=C\C/C=C\[C@H](O)CCCC. The van der Waals surface area contributed by atoms with Crippen LogP contribution >= 0.6 is 7.82 Å². The van der Waals surface area contributed by atoms with Gasteiger partial charge in [0, 0.05) is 6.42 Å². The van der Waals surface area contributed by atoms with Crippen LogP contribution in [0.1, 0.15) is 129 Å². The van der Waals surface area contributed by atoms with Crippen molar-refractivity contribution in [2.24, 2.45) is 0 Å². The van der Waals surface area contributed by atoms with Gasteiger partial charge in [-0.3, -0.25) is 13.8 Å². The van der Waals surface area contributed by atoms with Gasteiger partial charge < -0.3 is 24.9 Å². The molecule has 10 heteroatoms. The molecule has 0 rings (SSSR count). The first-order valence-corrected chi connectivity index (χ1v) is 21.4. The molecule has 0 aliphatic carbocycles. The van der Waals surface area contributed by atoms with Crippen molar-refractivity contribution in [3.8, 4) is 0 Å². The van der Waals surface area contributed by atoms with Crippen LogP contribution in [0.3, 0.4) is 0 Å². The lowest BCUT2D eigenvalue weighted by molar-refractivity contribution is -0.870. The summed E-state index contributed by atoms with van der Waals surface area (Å²) in [5, 5.41) is 23.5. The molecule has 0 aromatic rings. The first-order chi connectivity index (χ1) is 24.9. The molecule has 0 saturated heterocycles. The summed E-state index contributed by atoms with van der Waals surface area (Å²) < 4.78 is 23.4. The number of hydrogen-bond acceptors (Lipinski definition) is 6. The molecule has 1 amide bonds. The first-order valence-electron chi connectivity index (χ1n) is 19.9. The summed E-state index contributed by atoms with van der Waals surface area (Å²) in [4.78, 5) is 23.0. The first kappa shape index (κ1) is 49.9. The van der Waals surface area contributed by atoms with Gasteiger partial charge in [-0.2, -0.15) is 0 Å². The van der Waals surface area contributed by atoms with Crippen LogP contribution in [0.5, 0.6) is 0 Å². The number of hydrogen-bond donors (Lipinski definition) is 4. The lowest BCUT2D eigenvalue weighted by Crippen LogP contribution is -2.45. The highest BCUT2D eigenvalue weighted by atomic mass is 31.2. The number of phosphoric ester groups is 1. The summed E-state index contributed by atoms with van der Waals surface area (Å²) in [6.07, 6.45) is 40.3. The van der Waals surface area contributed by atoms with Crippen LogP contribution in [0, 0.1) is 0 Å². The van der Waals surface area contributed by atoms with E-state index in [2.05, 4.69) is 67.8 Å². The molecule has 0 saturated carbocycles. The highest BCUT2D eigenvalue weighted by molar-refractivity contribution is 7.47. The maximum atomic E-state index is 12.8. The Labute approximate surface area is 317 Å². The highest BCUT2D eigenvalue weighted by Crippen LogP contribution is 2.43. The van der Waals surface area contributed by atoms with Crippen LogP contribution < -0.4 is 5.32 Å². The molecule has 0 aromatic carbocycles. The molecule has 1 unspecified atom stereocenters. The van der Waals surface area contributed by atoms with Gasteiger partial charge in [0.1, 0.15) is 13.2 Å². The third kappa shape index (κ3) is 35.0. The number of allylic oxidation sites excluding steroid dienone is 10. The monoisotopic (exact) mass is 752 g/mol. The fraction of sp³-hybridized carbons (Fsp3) is 0.690. The van der Waals surface area contributed by atoms with Gasteiger partial charge in [-0.25, -0.2) is 4.57 Å². The van der Waals surface area contributed by atoms with Crippen molar-refractivity contribution in [1.82, 2.24) is 5.32 Å². The molecule has 0 aromatic heterocycles. The van der Waals surface area contributed by atoms with Crippen LogP contribution in [0.25, 0.3) is 0 Å². The van der Waals surface area contributed by atoms with Gasteiger partial charge in [0.25, 0.3) is 0 Å². The zero-order chi connectivity index (χ0) is 38.8. The number of aliphatic hydroxyl groups is 2. The van der Waals surface area contributed by atoms with Crippen molar-refractivity contribution in [1.29, 1.82) is 0 Å². The van der Waals surface area contributed by atoms with Gasteiger partial charge in [0.2, 0.25) is 5.91 Å². The summed E-state index contributed by atoms with van der Waals surface area (Å²) in [6, 6.07) is -0.905. The molecular weight excluding hydrogens is 675 g/mol. The van der Waals surface area contributed by atoms with Crippen molar-refractivity contribution in [2.75, 3.05) is 40.9 Å². The van der Waals surface area contributed by atoms with Crippen molar-refractivity contribution in [3.05, 3.63) is 72.9 Å². The number of carbonyl (C=O) groups excluding carboxylic acids is 1. The number of phosphoric acid groups is 1. The zero-order valence-corrected chi connectivity index (χ0v) is 34.3. The van der Waals surface area contributed by atoms with E-state index in [0.29, 0.717) is 17.4 Å². The smallest absolute Gasteiger partial charge is 0.389 e. The lowest BCUT2D eigenvalue weighted by Gasteiger charge is -2.25. The molecule has 9 nitrogen and oxygen atoms in total. The van der Waals surface area contributed by atoms with Gasteiger partial charge in [-0.05, 0) is 64.2 Å². The second-order valence-electron chi connectivity index (χ2n) is 14.5. The average Bonchev–Trinajstić information content (AvgIpc) is 3.08. The number of rotatable bonds is 34. The number of quaternary nitrogens is 1. The molecular formula is C42H76N2O7P+. The minimum atomic E-state index is -4.37. The second-order valence-corrected chi connectivity index (χ2v) is 15.9. The quantitative estimate of drug-likeness (QED) is 0.0224. The number of nitrogens with one attached hydrogen (secondary N) is 1. The van der Waals surface area contributed by atoms with E-state index in [0.717, 1.165) is 64.2 Å². The molecule has 300 valence electrons. The minimum absolute atomic E-state index is 0.0348. The Bertz CT molecular complexity index is 1090. The number of nitrogens with zero attached hydrogens (tertiary/aromatic N) is 1. The van der Waals surface area contributed by atoms with Crippen LogP contribution in [-0.2, 0) is 18.4 Å². The number of unbranched alkanes of at least 4 members (excludes halogenated alkanes) is 9. The van der Waals surface area contributed by atoms with E-state index in [1.54, 1.807) is 6.08 Å². The van der Waals surface area contributed by atoms with Gasteiger partial charge in [-0.1, -0.05) is 132 Å². The van der Waals surface area contributed by atoms with Crippen molar-refractivity contribution in [3.63, 3.8) is 0 Å². The van der Waals surface area contributed by atoms with Crippen LogP contribution in [0.4, 0.5) is 0 Å². The number of carbonyl (C=O) groups is 1. The number of likely N-dealkylation sites (N-methyl/N-ethyl adjacent to an activating group) is 1.